The molecule has 2 N–H and O–H groups in total. The zero-order valence-electron chi connectivity index (χ0n) is 10.9. The second-order valence-electron chi connectivity index (χ2n) is 5.45. The summed E-state index contributed by atoms with van der Waals surface area (Å²) in [5.41, 5.74) is 0. The van der Waals surface area contributed by atoms with Gasteiger partial charge in [-0.2, -0.15) is 0 Å². The number of nitrogens with zero attached hydrogens (tertiary/aromatic N) is 1. The quantitative estimate of drug-likeness (QED) is 0.805. The molecule has 0 spiro atoms. The third-order valence-corrected chi connectivity index (χ3v) is 4.69. The van der Waals surface area contributed by atoms with Crippen LogP contribution in [0.2, 0.25) is 0 Å². The fourth-order valence-electron chi connectivity index (χ4n) is 3.65. The standard InChI is InChI=1S/C13H23NO4/c1-18-10-4-2-9(3-5-10)11-6-7-14(13(16)17)12(11)8-15/h9-12,15H,2-8H2,1H3,(H,16,17)/t9-,10-,11-,12+/m0/s1. The molecule has 0 bridgehead atoms. The number of rotatable bonds is 3. The van der Waals surface area contributed by atoms with Gasteiger partial charge in [-0.15, -0.1) is 0 Å². The van der Waals surface area contributed by atoms with Crippen LogP contribution < -0.4 is 0 Å². The van der Waals surface area contributed by atoms with Crippen LogP contribution in [0.4, 0.5) is 4.79 Å². The lowest BCUT2D eigenvalue weighted by Crippen LogP contribution is -2.42. The van der Waals surface area contributed by atoms with Crippen molar-refractivity contribution in [3.8, 4) is 0 Å². The van der Waals surface area contributed by atoms with E-state index in [4.69, 9.17) is 9.84 Å². The minimum Gasteiger partial charge on any atom is -0.465 e. The zero-order chi connectivity index (χ0) is 13.1. The van der Waals surface area contributed by atoms with Gasteiger partial charge >= 0.3 is 6.09 Å². The highest BCUT2D eigenvalue weighted by molar-refractivity contribution is 5.66. The summed E-state index contributed by atoms with van der Waals surface area (Å²) in [5.74, 6) is 0.863. The number of likely N-dealkylation sites (tertiary alicyclic amines) is 1. The average Bonchev–Trinajstić information content (AvgIpc) is 2.82. The molecule has 0 aromatic rings. The first-order valence-electron chi connectivity index (χ1n) is 6.80. The van der Waals surface area contributed by atoms with Crippen LogP contribution in [0.1, 0.15) is 32.1 Å². The summed E-state index contributed by atoms with van der Waals surface area (Å²) < 4.78 is 5.36. The number of aliphatic hydroxyl groups is 1. The molecule has 5 heteroatoms. The van der Waals surface area contributed by atoms with Gasteiger partial charge in [0.15, 0.2) is 0 Å². The fraction of sp³-hybridized carbons (Fsp3) is 0.923. The molecule has 0 aromatic heterocycles. The van der Waals surface area contributed by atoms with Crippen LogP contribution in [0, 0.1) is 11.8 Å². The molecule has 1 amide bonds. The molecule has 2 rings (SSSR count). The van der Waals surface area contributed by atoms with Crippen LogP contribution in [-0.4, -0.2) is 53.6 Å². The van der Waals surface area contributed by atoms with E-state index in [1.165, 1.54) is 4.90 Å². The summed E-state index contributed by atoms with van der Waals surface area (Å²) in [7, 11) is 1.75. The number of methoxy groups -OCH3 is 1. The van der Waals surface area contributed by atoms with E-state index in [9.17, 15) is 9.90 Å². The Labute approximate surface area is 108 Å². The van der Waals surface area contributed by atoms with E-state index in [0.717, 1.165) is 32.1 Å². The summed E-state index contributed by atoms with van der Waals surface area (Å²) in [5, 5.41) is 18.6. The molecule has 1 aliphatic carbocycles. The Kier molecular flexibility index (Phi) is 4.45. The maximum absolute atomic E-state index is 11.1. The number of carboxylic acid groups (broad SMARTS) is 1. The summed E-state index contributed by atoms with van der Waals surface area (Å²) in [6.45, 7) is 0.511. The molecule has 5 nitrogen and oxygen atoms in total. The van der Waals surface area contributed by atoms with Gasteiger partial charge in [-0.3, -0.25) is 0 Å². The maximum Gasteiger partial charge on any atom is 0.407 e. The van der Waals surface area contributed by atoms with E-state index in [-0.39, 0.29) is 12.6 Å². The van der Waals surface area contributed by atoms with E-state index < -0.39 is 6.09 Å². The van der Waals surface area contributed by atoms with E-state index in [1.807, 2.05) is 0 Å². The normalized spacial score (nSPS) is 36.9. The Morgan fingerprint density at radius 1 is 1.28 bits per heavy atom. The highest BCUT2D eigenvalue weighted by atomic mass is 16.5. The first-order valence-corrected chi connectivity index (χ1v) is 6.80. The summed E-state index contributed by atoms with van der Waals surface area (Å²) in [6.07, 6.45) is 4.65. The maximum atomic E-state index is 11.1. The van der Waals surface area contributed by atoms with E-state index in [2.05, 4.69) is 0 Å². The van der Waals surface area contributed by atoms with Gasteiger partial charge in [-0.05, 0) is 43.9 Å². The van der Waals surface area contributed by atoms with Gasteiger partial charge in [-0.25, -0.2) is 4.79 Å². The Bertz CT molecular complexity index is 289. The smallest absolute Gasteiger partial charge is 0.407 e. The Balaban J connectivity index is 1.95. The Morgan fingerprint density at radius 2 is 1.94 bits per heavy atom. The first-order chi connectivity index (χ1) is 8.67. The van der Waals surface area contributed by atoms with E-state index in [0.29, 0.717) is 24.5 Å². The van der Waals surface area contributed by atoms with Crippen molar-refractivity contribution < 1.29 is 19.7 Å². The largest absolute Gasteiger partial charge is 0.465 e. The van der Waals surface area contributed by atoms with Gasteiger partial charge in [-0.1, -0.05) is 0 Å². The first kappa shape index (κ1) is 13.6. The van der Waals surface area contributed by atoms with Crippen LogP contribution in [0.25, 0.3) is 0 Å². The van der Waals surface area contributed by atoms with E-state index in [1.54, 1.807) is 7.11 Å². The van der Waals surface area contributed by atoms with Crippen molar-refractivity contribution in [1.82, 2.24) is 4.90 Å². The third kappa shape index (κ3) is 2.62. The van der Waals surface area contributed by atoms with Crippen molar-refractivity contribution in [3.63, 3.8) is 0 Å². The number of carbonyl (C=O) groups is 1. The second kappa shape index (κ2) is 5.89. The van der Waals surface area contributed by atoms with Crippen molar-refractivity contribution in [3.05, 3.63) is 0 Å². The summed E-state index contributed by atoms with van der Waals surface area (Å²) >= 11 is 0. The number of hydrogen-bond acceptors (Lipinski definition) is 3. The number of amides is 1. The Hall–Kier alpha value is -0.810. The molecular formula is C13H23NO4. The van der Waals surface area contributed by atoms with Crippen molar-refractivity contribution >= 4 is 6.09 Å². The molecule has 0 unspecified atom stereocenters. The van der Waals surface area contributed by atoms with Crippen LogP contribution in [0.5, 0.6) is 0 Å². The van der Waals surface area contributed by atoms with Crippen molar-refractivity contribution in [1.29, 1.82) is 0 Å². The van der Waals surface area contributed by atoms with Crippen molar-refractivity contribution in [2.24, 2.45) is 11.8 Å². The molecule has 0 radical (unpaired) electrons. The molecule has 2 aliphatic rings. The molecule has 18 heavy (non-hydrogen) atoms. The van der Waals surface area contributed by atoms with Crippen molar-refractivity contribution in [2.75, 3.05) is 20.3 Å². The highest BCUT2D eigenvalue weighted by Gasteiger charge is 2.41. The lowest BCUT2D eigenvalue weighted by atomic mass is 9.76. The monoisotopic (exact) mass is 257 g/mol. The Morgan fingerprint density at radius 3 is 2.44 bits per heavy atom. The highest BCUT2D eigenvalue weighted by Crippen LogP contribution is 2.39. The van der Waals surface area contributed by atoms with Gasteiger partial charge in [0.2, 0.25) is 0 Å². The zero-order valence-corrected chi connectivity index (χ0v) is 10.9. The molecule has 0 aromatic carbocycles. The number of ether oxygens (including phenoxy) is 1. The molecular weight excluding hydrogens is 234 g/mol. The van der Waals surface area contributed by atoms with Crippen LogP contribution in [0.3, 0.4) is 0 Å². The minimum atomic E-state index is -0.901. The minimum absolute atomic E-state index is 0.0544. The lowest BCUT2D eigenvalue weighted by Gasteiger charge is -2.34. The van der Waals surface area contributed by atoms with Gasteiger partial charge in [0.25, 0.3) is 0 Å². The van der Waals surface area contributed by atoms with Crippen molar-refractivity contribution in [2.45, 2.75) is 44.2 Å². The van der Waals surface area contributed by atoms with Crippen LogP contribution in [-0.2, 0) is 4.74 Å². The predicted molar refractivity (Wildman–Crippen MR) is 66.5 cm³/mol. The molecule has 1 heterocycles. The fourth-order valence-corrected chi connectivity index (χ4v) is 3.65. The summed E-state index contributed by atoms with van der Waals surface area (Å²) in [4.78, 5) is 12.5. The molecule has 2 fully saturated rings. The van der Waals surface area contributed by atoms with Gasteiger partial charge in [0.05, 0.1) is 18.8 Å². The van der Waals surface area contributed by atoms with Gasteiger partial charge in [0.1, 0.15) is 0 Å². The second-order valence-corrected chi connectivity index (χ2v) is 5.45. The number of hydrogen-bond donors (Lipinski definition) is 2. The molecule has 1 saturated heterocycles. The summed E-state index contributed by atoms with van der Waals surface area (Å²) in [6, 6.07) is -0.202. The van der Waals surface area contributed by atoms with Crippen LogP contribution in [0.15, 0.2) is 0 Å². The molecule has 1 saturated carbocycles. The topological polar surface area (TPSA) is 70.0 Å². The van der Waals surface area contributed by atoms with Gasteiger partial charge in [0, 0.05) is 13.7 Å². The van der Waals surface area contributed by atoms with Crippen LogP contribution >= 0.6 is 0 Å². The van der Waals surface area contributed by atoms with E-state index >= 15 is 0 Å². The third-order valence-electron chi connectivity index (χ3n) is 4.69. The predicted octanol–water partition coefficient (Wildman–Crippen LogP) is 1.55. The average molecular weight is 257 g/mol. The number of aliphatic hydroxyl groups excluding tert-OH is 1. The molecule has 2 atom stereocenters. The SMILES string of the molecule is CO[C@H]1CC[C@H]([C@@H]2CCN(C(=O)O)[C@@H]2CO)CC1. The molecule has 104 valence electrons. The lowest BCUT2D eigenvalue weighted by molar-refractivity contribution is 0.0354. The molecule has 1 aliphatic heterocycles. The van der Waals surface area contributed by atoms with Gasteiger partial charge < -0.3 is 19.8 Å².